The number of hydrogen-bond acceptors (Lipinski definition) is 2. The maximum Gasteiger partial charge on any atom is 0.261 e. The number of aryl methyl sites for hydroxylation is 2. The van der Waals surface area contributed by atoms with Crippen molar-refractivity contribution in [3.05, 3.63) is 33.2 Å². The first-order valence-electron chi connectivity index (χ1n) is 5.21. The van der Waals surface area contributed by atoms with Gasteiger partial charge in [0.25, 0.3) is 5.56 Å². The Labute approximate surface area is 89.7 Å². The highest BCUT2D eigenvalue weighted by Gasteiger charge is 2.13. The van der Waals surface area contributed by atoms with E-state index in [0.29, 0.717) is 12.1 Å². The number of carbonyl (C=O) groups is 1. The number of nitrogens with zero attached hydrogens (tertiary/aromatic N) is 1. The second kappa shape index (κ2) is 4.43. The molecule has 0 aliphatic carbocycles. The fourth-order valence-corrected chi connectivity index (χ4v) is 1.86. The van der Waals surface area contributed by atoms with E-state index in [4.69, 9.17) is 0 Å². The molecule has 0 saturated carbocycles. The summed E-state index contributed by atoms with van der Waals surface area (Å²) in [5.41, 5.74) is 1.87. The lowest BCUT2D eigenvalue weighted by Crippen LogP contribution is -2.28. The predicted molar refractivity (Wildman–Crippen MR) is 60.5 cm³/mol. The Morgan fingerprint density at radius 3 is 2.47 bits per heavy atom. The summed E-state index contributed by atoms with van der Waals surface area (Å²) < 4.78 is 1.67. The van der Waals surface area contributed by atoms with Crippen molar-refractivity contribution < 1.29 is 4.79 Å². The summed E-state index contributed by atoms with van der Waals surface area (Å²) in [6, 6.07) is 1.90. The number of hydrogen-bond donors (Lipinski definition) is 0. The molecule has 1 aromatic rings. The molecule has 0 saturated heterocycles. The number of pyridine rings is 1. The minimum absolute atomic E-state index is 0.151. The molecule has 0 atom stereocenters. The van der Waals surface area contributed by atoms with Crippen LogP contribution in [0.15, 0.2) is 10.9 Å². The summed E-state index contributed by atoms with van der Waals surface area (Å²) in [5.74, 6) is -0.151. The lowest BCUT2D eigenvalue weighted by molar-refractivity contribution is 0.101. The van der Waals surface area contributed by atoms with Gasteiger partial charge in [0.05, 0.1) is 5.56 Å². The number of carbonyl (C=O) groups excluding carboxylic acids is 1. The van der Waals surface area contributed by atoms with E-state index in [2.05, 4.69) is 0 Å². The summed E-state index contributed by atoms with van der Waals surface area (Å²) in [5, 5.41) is 0. The van der Waals surface area contributed by atoms with Gasteiger partial charge in [-0.15, -0.1) is 0 Å². The van der Waals surface area contributed by atoms with Crippen molar-refractivity contribution in [1.82, 2.24) is 4.57 Å². The molecule has 0 aromatic carbocycles. The van der Waals surface area contributed by atoms with E-state index < -0.39 is 0 Å². The van der Waals surface area contributed by atoms with Crippen LogP contribution in [0.4, 0.5) is 0 Å². The number of rotatable bonds is 3. The van der Waals surface area contributed by atoms with E-state index >= 15 is 0 Å². The van der Waals surface area contributed by atoms with Crippen LogP contribution in [-0.4, -0.2) is 10.4 Å². The minimum atomic E-state index is -0.151. The van der Waals surface area contributed by atoms with Gasteiger partial charge in [-0.2, -0.15) is 0 Å². The van der Waals surface area contributed by atoms with Gasteiger partial charge < -0.3 is 4.57 Å². The fraction of sp³-hybridized carbons (Fsp3) is 0.500. The first-order valence-corrected chi connectivity index (χ1v) is 5.21. The molecule has 82 valence electrons. The van der Waals surface area contributed by atoms with Gasteiger partial charge in [0, 0.05) is 12.2 Å². The van der Waals surface area contributed by atoms with Crippen LogP contribution in [0.5, 0.6) is 0 Å². The molecular weight excluding hydrogens is 190 g/mol. The molecule has 3 heteroatoms. The zero-order chi connectivity index (χ0) is 11.6. The molecule has 15 heavy (non-hydrogen) atoms. The molecule has 0 N–H and O–H groups in total. The highest BCUT2D eigenvalue weighted by molar-refractivity contribution is 5.95. The second-order valence-electron chi connectivity index (χ2n) is 3.86. The summed E-state index contributed by atoms with van der Waals surface area (Å²) in [7, 11) is 0. The Morgan fingerprint density at radius 2 is 2.00 bits per heavy atom. The Balaban J connectivity index is 3.49. The Bertz CT molecular complexity index is 444. The second-order valence-corrected chi connectivity index (χ2v) is 3.86. The van der Waals surface area contributed by atoms with Crippen molar-refractivity contribution in [3.63, 3.8) is 0 Å². The van der Waals surface area contributed by atoms with Crippen molar-refractivity contribution in [2.75, 3.05) is 0 Å². The lowest BCUT2D eigenvalue weighted by atomic mass is 10.1. The van der Waals surface area contributed by atoms with E-state index in [1.165, 1.54) is 6.92 Å². The molecule has 0 bridgehead atoms. The normalized spacial score (nSPS) is 10.4. The zero-order valence-corrected chi connectivity index (χ0v) is 9.76. The van der Waals surface area contributed by atoms with Crippen LogP contribution in [0.1, 0.15) is 41.9 Å². The van der Waals surface area contributed by atoms with Gasteiger partial charge in [-0.3, -0.25) is 9.59 Å². The standard InChI is InChI=1S/C12H17NO2/c1-5-6-13-9(3)7-8(2)11(10(4)14)12(13)15/h7H,5-6H2,1-4H3. The Kier molecular flexibility index (Phi) is 3.45. The monoisotopic (exact) mass is 207 g/mol. The average molecular weight is 207 g/mol. The van der Waals surface area contributed by atoms with Gasteiger partial charge in [-0.05, 0) is 38.8 Å². The third-order valence-electron chi connectivity index (χ3n) is 2.50. The van der Waals surface area contributed by atoms with Gasteiger partial charge in [-0.1, -0.05) is 6.92 Å². The SMILES string of the molecule is CCCn1c(C)cc(C)c(C(C)=O)c1=O. The van der Waals surface area contributed by atoms with Crippen LogP contribution in [0.2, 0.25) is 0 Å². The molecule has 0 spiro atoms. The highest BCUT2D eigenvalue weighted by Crippen LogP contribution is 2.07. The van der Waals surface area contributed by atoms with Gasteiger partial charge >= 0.3 is 0 Å². The van der Waals surface area contributed by atoms with Crippen molar-refractivity contribution in [2.24, 2.45) is 0 Å². The van der Waals surface area contributed by atoms with Crippen LogP contribution in [0, 0.1) is 13.8 Å². The molecular formula is C12H17NO2. The van der Waals surface area contributed by atoms with Crippen LogP contribution >= 0.6 is 0 Å². The molecule has 0 aliphatic rings. The Hall–Kier alpha value is -1.38. The molecule has 0 fully saturated rings. The summed E-state index contributed by atoms with van der Waals surface area (Å²) >= 11 is 0. The Morgan fingerprint density at radius 1 is 1.40 bits per heavy atom. The van der Waals surface area contributed by atoms with Crippen molar-refractivity contribution in [1.29, 1.82) is 0 Å². The molecule has 1 rings (SSSR count). The van der Waals surface area contributed by atoms with E-state index in [9.17, 15) is 9.59 Å². The van der Waals surface area contributed by atoms with Crippen LogP contribution < -0.4 is 5.56 Å². The minimum Gasteiger partial charge on any atom is -0.312 e. The van der Waals surface area contributed by atoms with E-state index in [1.54, 1.807) is 11.5 Å². The van der Waals surface area contributed by atoms with Crippen molar-refractivity contribution in [2.45, 2.75) is 40.7 Å². The molecule has 0 unspecified atom stereocenters. The van der Waals surface area contributed by atoms with E-state index in [-0.39, 0.29) is 11.3 Å². The summed E-state index contributed by atoms with van der Waals surface area (Å²) in [6.45, 7) is 7.83. The van der Waals surface area contributed by atoms with Crippen LogP contribution in [-0.2, 0) is 6.54 Å². The fourth-order valence-electron chi connectivity index (χ4n) is 1.86. The quantitative estimate of drug-likeness (QED) is 0.712. The van der Waals surface area contributed by atoms with E-state index in [0.717, 1.165) is 17.7 Å². The van der Waals surface area contributed by atoms with Gasteiger partial charge in [-0.25, -0.2) is 0 Å². The molecule has 0 radical (unpaired) electrons. The van der Waals surface area contributed by atoms with Crippen LogP contribution in [0.25, 0.3) is 0 Å². The first-order chi connectivity index (χ1) is 6.99. The highest BCUT2D eigenvalue weighted by atomic mass is 16.1. The maximum atomic E-state index is 12.0. The number of ketones is 1. The molecule has 0 amide bonds. The summed E-state index contributed by atoms with van der Waals surface area (Å²) in [4.78, 5) is 23.3. The van der Waals surface area contributed by atoms with Crippen molar-refractivity contribution >= 4 is 5.78 Å². The van der Waals surface area contributed by atoms with Gasteiger partial charge in [0.15, 0.2) is 5.78 Å². The third-order valence-corrected chi connectivity index (χ3v) is 2.50. The first kappa shape index (κ1) is 11.7. The number of Topliss-reactive ketones (excluding diaryl/α,β-unsaturated/α-hetero) is 1. The van der Waals surface area contributed by atoms with Gasteiger partial charge in [0.2, 0.25) is 0 Å². The number of aromatic nitrogens is 1. The predicted octanol–water partition coefficient (Wildman–Crippen LogP) is 2.08. The van der Waals surface area contributed by atoms with E-state index in [1.807, 2.05) is 19.9 Å². The average Bonchev–Trinajstić information content (AvgIpc) is 2.11. The topological polar surface area (TPSA) is 39.1 Å². The molecule has 0 aliphatic heterocycles. The van der Waals surface area contributed by atoms with Gasteiger partial charge in [0.1, 0.15) is 0 Å². The molecule has 3 nitrogen and oxygen atoms in total. The lowest BCUT2D eigenvalue weighted by Gasteiger charge is -2.12. The van der Waals surface area contributed by atoms with Crippen molar-refractivity contribution in [3.8, 4) is 0 Å². The molecule has 1 heterocycles. The smallest absolute Gasteiger partial charge is 0.261 e. The maximum absolute atomic E-state index is 12.0. The molecule has 1 aromatic heterocycles. The third kappa shape index (κ3) is 2.17. The van der Waals surface area contributed by atoms with Crippen LogP contribution in [0.3, 0.4) is 0 Å². The largest absolute Gasteiger partial charge is 0.312 e. The zero-order valence-electron chi connectivity index (χ0n) is 9.76. The summed E-state index contributed by atoms with van der Waals surface area (Å²) in [6.07, 6.45) is 0.890.